The van der Waals surface area contributed by atoms with Crippen LogP contribution < -0.4 is 0 Å². The van der Waals surface area contributed by atoms with E-state index in [-0.39, 0.29) is 10.7 Å². The van der Waals surface area contributed by atoms with Crippen molar-refractivity contribution in [1.29, 1.82) is 0 Å². The highest BCUT2D eigenvalue weighted by Crippen LogP contribution is 2.38. The van der Waals surface area contributed by atoms with E-state index in [2.05, 4.69) is 0 Å². The highest BCUT2D eigenvalue weighted by molar-refractivity contribution is 5.64. The predicted molar refractivity (Wildman–Crippen MR) is 98.4 cm³/mol. The number of rotatable bonds is 5. The molecule has 1 atom stereocenters. The zero-order valence-electron chi connectivity index (χ0n) is 15.2. The monoisotopic (exact) mass is 394 g/mol. The van der Waals surface area contributed by atoms with Crippen molar-refractivity contribution >= 4 is 17.1 Å². The Morgan fingerprint density at radius 3 is 1.64 bits per heavy atom. The molecule has 2 aromatic rings. The summed E-state index contributed by atoms with van der Waals surface area (Å²) in [7, 11) is 3.33. The van der Waals surface area contributed by atoms with Crippen LogP contribution in [0.2, 0.25) is 0 Å². The molecule has 0 saturated heterocycles. The van der Waals surface area contributed by atoms with Gasteiger partial charge in [0, 0.05) is 5.56 Å². The van der Waals surface area contributed by atoms with Crippen LogP contribution >= 0.6 is 0 Å². The first-order valence-corrected chi connectivity index (χ1v) is 7.76. The summed E-state index contributed by atoms with van der Waals surface area (Å²) in [6, 6.07) is 10.8. The summed E-state index contributed by atoms with van der Waals surface area (Å²) < 4.78 is -0.274. The number of nitro benzene ring substituents is 3. The summed E-state index contributed by atoms with van der Waals surface area (Å²) in [6.45, 7) is 1.95. The number of nitrogens with zero attached hydrogens (tertiary/aromatic N) is 4. The van der Waals surface area contributed by atoms with Gasteiger partial charge in [-0.05, 0) is 6.92 Å². The lowest BCUT2D eigenvalue weighted by Crippen LogP contribution is -2.35. The van der Waals surface area contributed by atoms with Gasteiger partial charge in [-0.25, -0.2) is 0 Å². The number of hydrogen-bond acceptors (Lipinski definition) is 8. The SMILES string of the molecule is CC(c1ccccc1)[N+](C)(C)[O-].O=[N+]([O-])c1cc([N+](=O)[O-])c(O)c([N+](=O)[O-])c1. The van der Waals surface area contributed by atoms with Gasteiger partial charge in [-0.1, -0.05) is 30.3 Å². The molecule has 0 aliphatic rings. The zero-order chi connectivity index (χ0) is 21.6. The molecule has 0 aliphatic heterocycles. The van der Waals surface area contributed by atoms with E-state index in [0.29, 0.717) is 12.1 Å². The average Bonchev–Trinajstić information content (AvgIpc) is 2.61. The van der Waals surface area contributed by atoms with Crippen LogP contribution in [0.25, 0.3) is 0 Å². The Hall–Kier alpha value is -3.64. The lowest BCUT2D eigenvalue weighted by molar-refractivity contribution is -0.870. The molecule has 150 valence electrons. The van der Waals surface area contributed by atoms with Crippen LogP contribution in [-0.4, -0.2) is 38.6 Å². The molecule has 2 rings (SSSR count). The summed E-state index contributed by atoms with van der Waals surface area (Å²) in [4.78, 5) is 27.8. The van der Waals surface area contributed by atoms with Crippen LogP contribution in [0.3, 0.4) is 0 Å². The van der Waals surface area contributed by atoms with E-state index < -0.39 is 37.6 Å². The van der Waals surface area contributed by atoms with Crippen molar-refractivity contribution in [2.45, 2.75) is 13.0 Å². The predicted octanol–water partition coefficient (Wildman–Crippen LogP) is 3.44. The summed E-state index contributed by atoms with van der Waals surface area (Å²) in [6.07, 6.45) is 0. The fourth-order valence-electron chi connectivity index (χ4n) is 2.06. The second-order valence-corrected chi connectivity index (χ2v) is 6.12. The Kier molecular flexibility index (Phi) is 7.07. The number of quaternary nitrogens is 1. The van der Waals surface area contributed by atoms with Crippen LogP contribution in [0.1, 0.15) is 18.5 Å². The molecule has 2 aromatic carbocycles. The first-order chi connectivity index (χ1) is 12.9. The molecule has 12 nitrogen and oxygen atoms in total. The zero-order valence-corrected chi connectivity index (χ0v) is 15.2. The van der Waals surface area contributed by atoms with Crippen molar-refractivity contribution in [3.63, 3.8) is 0 Å². The standard InChI is InChI=1S/C10H15NO.C6H3N3O7/c1-9(11(2,3)12)10-7-5-4-6-8-10;10-6-4(8(13)14)1-3(7(11)12)2-5(6)9(15)16/h4-9H,1-3H3;1-2,10H. The van der Waals surface area contributed by atoms with Crippen molar-refractivity contribution in [2.24, 2.45) is 0 Å². The van der Waals surface area contributed by atoms with Crippen molar-refractivity contribution in [2.75, 3.05) is 14.1 Å². The number of aromatic hydroxyl groups is 1. The van der Waals surface area contributed by atoms with E-state index >= 15 is 0 Å². The topological polar surface area (TPSA) is 173 Å². The van der Waals surface area contributed by atoms with E-state index in [1.54, 1.807) is 14.1 Å². The third-order valence-corrected chi connectivity index (χ3v) is 3.87. The summed E-state index contributed by atoms with van der Waals surface area (Å²) in [5.74, 6) is -1.21. The lowest BCUT2D eigenvalue weighted by atomic mass is 10.1. The first-order valence-electron chi connectivity index (χ1n) is 7.76. The van der Waals surface area contributed by atoms with Crippen molar-refractivity contribution in [3.05, 3.63) is 83.6 Å². The molecule has 0 fully saturated rings. The molecule has 0 aromatic heterocycles. The third-order valence-electron chi connectivity index (χ3n) is 3.87. The summed E-state index contributed by atoms with van der Waals surface area (Å²) in [5.41, 5.74) is -1.91. The fraction of sp³-hybridized carbons (Fsp3) is 0.250. The number of hydrogen-bond donors (Lipinski definition) is 1. The van der Waals surface area contributed by atoms with Crippen molar-refractivity contribution in [1.82, 2.24) is 0 Å². The number of phenols is 1. The van der Waals surface area contributed by atoms with Gasteiger partial charge < -0.3 is 15.0 Å². The second-order valence-electron chi connectivity index (χ2n) is 6.12. The van der Waals surface area contributed by atoms with Crippen LogP contribution in [0.4, 0.5) is 17.1 Å². The smallest absolute Gasteiger partial charge is 0.324 e. The molecular weight excluding hydrogens is 376 g/mol. The molecular formula is C16H18N4O8. The molecule has 28 heavy (non-hydrogen) atoms. The Bertz CT molecular complexity index is 845. The first kappa shape index (κ1) is 22.4. The highest BCUT2D eigenvalue weighted by Gasteiger charge is 2.30. The van der Waals surface area contributed by atoms with E-state index in [1.807, 2.05) is 37.3 Å². The molecule has 0 heterocycles. The molecule has 0 aliphatic carbocycles. The number of phenolic OH excluding ortho intramolecular Hbond substituents is 1. The van der Waals surface area contributed by atoms with Crippen LogP contribution in [-0.2, 0) is 0 Å². The Morgan fingerprint density at radius 1 is 0.893 bits per heavy atom. The van der Waals surface area contributed by atoms with Gasteiger partial charge in [-0.2, -0.15) is 0 Å². The summed E-state index contributed by atoms with van der Waals surface area (Å²) >= 11 is 0. The van der Waals surface area contributed by atoms with Gasteiger partial charge in [0.15, 0.2) is 0 Å². The molecule has 1 unspecified atom stereocenters. The molecule has 0 spiro atoms. The van der Waals surface area contributed by atoms with Crippen LogP contribution in [0, 0.1) is 35.6 Å². The number of hydroxylamine groups is 3. The van der Waals surface area contributed by atoms with Gasteiger partial charge in [0.1, 0.15) is 6.04 Å². The Labute approximate surface area is 158 Å². The minimum atomic E-state index is -1.21. The Morgan fingerprint density at radius 2 is 1.32 bits per heavy atom. The Balaban J connectivity index is 0.000000292. The second kappa shape index (κ2) is 8.83. The quantitative estimate of drug-likeness (QED) is 0.456. The number of benzene rings is 2. The summed E-state index contributed by atoms with van der Waals surface area (Å²) in [5, 5.41) is 51.8. The minimum Gasteiger partial charge on any atom is -0.633 e. The van der Waals surface area contributed by atoms with Gasteiger partial charge >= 0.3 is 11.4 Å². The van der Waals surface area contributed by atoms with E-state index in [0.717, 1.165) is 5.56 Å². The maximum absolute atomic E-state index is 11.5. The van der Waals surface area contributed by atoms with Crippen molar-refractivity contribution < 1.29 is 24.5 Å². The van der Waals surface area contributed by atoms with Gasteiger partial charge in [0.25, 0.3) is 11.4 Å². The molecule has 0 amide bonds. The molecule has 0 radical (unpaired) electrons. The van der Waals surface area contributed by atoms with Crippen LogP contribution in [0.5, 0.6) is 5.75 Å². The van der Waals surface area contributed by atoms with E-state index in [9.17, 15) is 35.6 Å². The maximum atomic E-state index is 11.5. The largest absolute Gasteiger partial charge is 0.633 e. The van der Waals surface area contributed by atoms with Gasteiger partial charge in [-0.3, -0.25) is 30.3 Å². The molecule has 0 bridgehead atoms. The fourth-order valence-corrected chi connectivity index (χ4v) is 2.06. The van der Waals surface area contributed by atoms with Gasteiger partial charge in [0.05, 0.1) is 41.0 Å². The van der Waals surface area contributed by atoms with Gasteiger partial charge in [0.2, 0.25) is 0 Å². The molecule has 1 N–H and O–H groups in total. The van der Waals surface area contributed by atoms with Crippen molar-refractivity contribution in [3.8, 4) is 5.75 Å². The average molecular weight is 394 g/mol. The minimum absolute atomic E-state index is 0.00574. The maximum Gasteiger partial charge on any atom is 0.324 e. The van der Waals surface area contributed by atoms with Gasteiger partial charge in [-0.15, -0.1) is 0 Å². The normalized spacial score (nSPS) is 11.7. The highest BCUT2D eigenvalue weighted by atomic mass is 16.6. The molecule has 0 saturated carbocycles. The number of nitro groups is 3. The lowest BCUT2D eigenvalue weighted by Gasteiger charge is -2.40. The van der Waals surface area contributed by atoms with Crippen LogP contribution in [0.15, 0.2) is 42.5 Å². The van der Waals surface area contributed by atoms with E-state index in [1.165, 1.54) is 0 Å². The number of non-ortho nitro benzene ring substituents is 1. The third kappa shape index (κ3) is 5.69. The van der Waals surface area contributed by atoms with E-state index in [4.69, 9.17) is 5.11 Å². The molecule has 12 heteroatoms.